The summed E-state index contributed by atoms with van der Waals surface area (Å²) in [5.74, 6) is 0. The predicted octanol–water partition coefficient (Wildman–Crippen LogP) is 3.88. The van der Waals surface area contributed by atoms with Gasteiger partial charge in [0.2, 0.25) is 0 Å². The van der Waals surface area contributed by atoms with Crippen molar-refractivity contribution in [2.45, 2.75) is 46.5 Å². The van der Waals surface area contributed by atoms with Crippen molar-refractivity contribution in [1.29, 1.82) is 0 Å². The topological polar surface area (TPSA) is 38.0 Å². The Bertz CT molecular complexity index is 332. The van der Waals surface area contributed by atoms with E-state index in [2.05, 4.69) is 32.2 Å². The Balaban J connectivity index is 2.45. The van der Waals surface area contributed by atoms with Crippen molar-refractivity contribution in [2.75, 3.05) is 17.6 Å². The number of unbranched alkanes of at least 4 members (excludes halogenated alkanes) is 3. The smallest absolute Gasteiger partial charge is 0.0374 e. The SMILES string of the molecule is CCCCCCNc1ccc(N)c(C)c1C. The summed E-state index contributed by atoms with van der Waals surface area (Å²) in [6.07, 6.45) is 5.19. The van der Waals surface area contributed by atoms with Gasteiger partial charge in [-0.2, -0.15) is 0 Å². The molecule has 1 aromatic rings. The summed E-state index contributed by atoms with van der Waals surface area (Å²) in [5, 5.41) is 3.48. The monoisotopic (exact) mass is 220 g/mol. The number of nitrogens with one attached hydrogen (secondary N) is 1. The summed E-state index contributed by atoms with van der Waals surface area (Å²) in [5.41, 5.74) is 10.4. The average molecular weight is 220 g/mol. The molecule has 0 aliphatic carbocycles. The van der Waals surface area contributed by atoms with Gasteiger partial charge in [0.25, 0.3) is 0 Å². The van der Waals surface area contributed by atoms with E-state index in [1.54, 1.807) is 0 Å². The van der Waals surface area contributed by atoms with Crippen molar-refractivity contribution >= 4 is 11.4 Å². The number of anilines is 2. The number of hydrogen-bond acceptors (Lipinski definition) is 2. The zero-order chi connectivity index (χ0) is 12.0. The molecule has 0 aromatic heterocycles. The predicted molar refractivity (Wildman–Crippen MR) is 73.0 cm³/mol. The average Bonchev–Trinajstić information content (AvgIpc) is 2.28. The van der Waals surface area contributed by atoms with Crippen LogP contribution >= 0.6 is 0 Å². The second kappa shape index (κ2) is 6.41. The Labute approximate surface area is 99.2 Å². The Morgan fingerprint density at radius 3 is 2.50 bits per heavy atom. The fourth-order valence-corrected chi connectivity index (χ4v) is 1.81. The molecule has 3 N–H and O–H groups in total. The Morgan fingerprint density at radius 2 is 1.81 bits per heavy atom. The lowest BCUT2D eigenvalue weighted by atomic mass is 10.1. The van der Waals surface area contributed by atoms with E-state index in [9.17, 15) is 0 Å². The van der Waals surface area contributed by atoms with Crippen LogP contribution in [0.1, 0.15) is 43.7 Å². The van der Waals surface area contributed by atoms with Crippen LogP contribution in [-0.4, -0.2) is 6.54 Å². The fourth-order valence-electron chi connectivity index (χ4n) is 1.81. The van der Waals surface area contributed by atoms with E-state index in [1.165, 1.54) is 42.5 Å². The second-order valence-electron chi connectivity index (χ2n) is 4.44. The van der Waals surface area contributed by atoms with Gasteiger partial charge in [-0.15, -0.1) is 0 Å². The summed E-state index contributed by atoms with van der Waals surface area (Å²) in [6, 6.07) is 4.06. The third-order valence-corrected chi connectivity index (χ3v) is 3.17. The van der Waals surface area contributed by atoms with Crippen LogP contribution in [0, 0.1) is 13.8 Å². The largest absolute Gasteiger partial charge is 0.399 e. The minimum absolute atomic E-state index is 0.883. The van der Waals surface area contributed by atoms with Crippen LogP contribution in [0.25, 0.3) is 0 Å². The molecule has 16 heavy (non-hydrogen) atoms. The molecule has 0 radical (unpaired) electrons. The first-order chi connectivity index (χ1) is 7.66. The van der Waals surface area contributed by atoms with Crippen molar-refractivity contribution in [3.8, 4) is 0 Å². The molecule has 1 aromatic carbocycles. The normalized spacial score (nSPS) is 10.4. The first-order valence-electron chi connectivity index (χ1n) is 6.26. The van der Waals surface area contributed by atoms with Gasteiger partial charge in [-0.05, 0) is 43.5 Å². The number of nitrogen functional groups attached to an aromatic ring is 1. The van der Waals surface area contributed by atoms with E-state index in [-0.39, 0.29) is 0 Å². The highest BCUT2D eigenvalue weighted by atomic mass is 14.9. The molecule has 2 nitrogen and oxygen atoms in total. The molecule has 2 heteroatoms. The first kappa shape index (κ1) is 12.9. The maximum absolute atomic E-state index is 5.86. The van der Waals surface area contributed by atoms with Crippen LogP contribution in [0.2, 0.25) is 0 Å². The summed E-state index contributed by atoms with van der Waals surface area (Å²) < 4.78 is 0. The Kier molecular flexibility index (Phi) is 5.17. The molecule has 0 heterocycles. The molecule has 0 bridgehead atoms. The highest BCUT2D eigenvalue weighted by Crippen LogP contribution is 2.23. The lowest BCUT2D eigenvalue weighted by molar-refractivity contribution is 0.685. The van der Waals surface area contributed by atoms with Crippen molar-refractivity contribution < 1.29 is 0 Å². The van der Waals surface area contributed by atoms with E-state index in [0.717, 1.165) is 12.2 Å². The van der Waals surface area contributed by atoms with Gasteiger partial charge in [0.15, 0.2) is 0 Å². The third-order valence-electron chi connectivity index (χ3n) is 3.17. The lowest BCUT2D eigenvalue weighted by Crippen LogP contribution is -2.04. The van der Waals surface area contributed by atoms with E-state index in [1.807, 2.05) is 6.07 Å². The van der Waals surface area contributed by atoms with Gasteiger partial charge in [-0.25, -0.2) is 0 Å². The molecule has 0 fully saturated rings. The summed E-state index contributed by atoms with van der Waals surface area (Å²) >= 11 is 0. The molecule has 0 aliphatic heterocycles. The van der Waals surface area contributed by atoms with Gasteiger partial charge in [0.05, 0.1) is 0 Å². The van der Waals surface area contributed by atoms with Crippen molar-refractivity contribution in [1.82, 2.24) is 0 Å². The maximum atomic E-state index is 5.86. The second-order valence-corrected chi connectivity index (χ2v) is 4.44. The minimum Gasteiger partial charge on any atom is -0.399 e. The van der Waals surface area contributed by atoms with Gasteiger partial charge in [0.1, 0.15) is 0 Å². The molecule has 0 saturated carbocycles. The van der Waals surface area contributed by atoms with Crippen LogP contribution in [0.5, 0.6) is 0 Å². The highest BCUT2D eigenvalue weighted by molar-refractivity contribution is 5.62. The van der Waals surface area contributed by atoms with Gasteiger partial charge in [-0.3, -0.25) is 0 Å². The quantitative estimate of drug-likeness (QED) is 0.564. The first-order valence-corrected chi connectivity index (χ1v) is 6.26. The van der Waals surface area contributed by atoms with E-state index >= 15 is 0 Å². The highest BCUT2D eigenvalue weighted by Gasteiger charge is 2.02. The molecule has 0 atom stereocenters. The van der Waals surface area contributed by atoms with Gasteiger partial charge in [0, 0.05) is 17.9 Å². The Morgan fingerprint density at radius 1 is 1.06 bits per heavy atom. The van der Waals surface area contributed by atoms with Crippen molar-refractivity contribution in [3.05, 3.63) is 23.3 Å². The van der Waals surface area contributed by atoms with E-state index < -0.39 is 0 Å². The standard InChI is InChI=1S/C14H24N2/c1-4-5-6-7-10-16-14-9-8-13(15)11(2)12(14)3/h8-9,16H,4-7,10,15H2,1-3H3. The Hall–Kier alpha value is -1.18. The van der Waals surface area contributed by atoms with Crippen LogP contribution in [-0.2, 0) is 0 Å². The number of hydrogen-bond donors (Lipinski definition) is 2. The van der Waals surface area contributed by atoms with E-state index in [0.29, 0.717) is 0 Å². The molecule has 0 amide bonds. The molecule has 90 valence electrons. The van der Waals surface area contributed by atoms with Crippen molar-refractivity contribution in [2.24, 2.45) is 0 Å². The van der Waals surface area contributed by atoms with Gasteiger partial charge in [-0.1, -0.05) is 26.2 Å². The molecular weight excluding hydrogens is 196 g/mol. The van der Waals surface area contributed by atoms with Gasteiger partial charge >= 0.3 is 0 Å². The number of nitrogens with two attached hydrogens (primary N) is 1. The summed E-state index contributed by atoms with van der Waals surface area (Å²) in [7, 11) is 0. The zero-order valence-corrected chi connectivity index (χ0v) is 10.8. The zero-order valence-electron chi connectivity index (χ0n) is 10.8. The van der Waals surface area contributed by atoms with Crippen LogP contribution < -0.4 is 11.1 Å². The summed E-state index contributed by atoms with van der Waals surface area (Å²) in [6.45, 7) is 7.50. The van der Waals surface area contributed by atoms with Crippen LogP contribution in [0.4, 0.5) is 11.4 Å². The number of rotatable bonds is 6. The summed E-state index contributed by atoms with van der Waals surface area (Å²) in [4.78, 5) is 0. The van der Waals surface area contributed by atoms with Crippen molar-refractivity contribution in [3.63, 3.8) is 0 Å². The number of benzene rings is 1. The van der Waals surface area contributed by atoms with Crippen LogP contribution in [0.15, 0.2) is 12.1 Å². The lowest BCUT2D eigenvalue weighted by Gasteiger charge is -2.13. The molecule has 0 aliphatic rings. The third kappa shape index (κ3) is 3.44. The van der Waals surface area contributed by atoms with Gasteiger partial charge < -0.3 is 11.1 Å². The molecule has 0 saturated heterocycles. The molecule has 1 rings (SSSR count). The molecule has 0 unspecified atom stereocenters. The van der Waals surface area contributed by atoms with Crippen LogP contribution in [0.3, 0.4) is 0 Å². The minimum atomic E-state index is 0.883. The molecular formula is C14H24N2. The molecule has 0 spiro atoms. The maximum Gasteiger partial charge on any atom is 0.0374 e. The van der Waals surface area contributed by atoms with E-state index in [4.69, 9.17) is 5.73 Å². The fraction of sp³-hybridized carbons (Fsp3) is 0.571.